The van der Waals surface area contributed by atoms with E-state index in [9.17, 15) is 4.79 Å². The summed E-state index contributed by atoms with van der Waals surface area (Å²) in [7, 11) is 0. The number of carboxylic acid groups (broad SMARTS) is 1. The van der Waals surface area contributed by atoms with Crippen molar-refractivity contribution in [2.45, 2.75) is 13.3 Å². The number of aryl methyl sites for hydroxylation is 1. The first kappa shape index (κ1) is 12.1. The molecule has 1 heterocycles. The molecule has 0 aliphatic rings. The number of hydrogen-bond donors (Lipinski definition) is 1. The summed E-state index contributed by atoms with van der Waals surface area (Å²) in [6.07, 6.45) is 2.27. The van der Waals surface area contributed by atoms with Crippen molar-refractivity contribution in [3.63, 3.8) is 0 Å². The molecule has 0 saturated carbocycles. The van der Waals surface area contributed by atoms with Crippen molar-refractivity contribution in [2.24, 2.45) is 0 Å². The van der Waals surface area contributed by atoms with Crippen LogP contribution in [0.5, 0.6) is 11.6 Å². The molecule has 1 aromatic heterocycles. The Morgan fingerprint density at radius 3 is 2.83 bits per heavy atom. The molecule has 0 aliphatic heterocycles. The van der Waals surface area contributed by atoms with Crippen molar-refractivity contribution < 1.29 is 14.6 Å². The van der Waals surface area contributed by atoms with Crippen molar-refractivity contribution in [3.8, 4) is 11.6 Å². The van der Waals surface area contributed by atoms with E-state index < -0.39 is 5.97 Å². The molecule has 0 aliphatic carbocycles. The first-order valence-corrected chi connectivity index (χ1v) is 5.66. The largest absolute Gasteiger partial charge is 0.478 e. The van der Waals surface area contributed by atoms with E-state index in [2.05, 4.69) is 4.98 Å². The summed E-state index contributed by atoms with van der Waals surface area (Å²) in [5.74, 6) is -0.00290. The summed E-state index contributed by atoms with van der Waals surface area (Å²) in [5, 5.41) is 8.89. The zero-order chi connectivity index (χ0) is 13.0. The number of hydrogen-bond acceptors (Lipinski definition) is 3. The highest BCUT2D eigenvalue weighted by atomic mass is 16.5. The number of aromatic nitrogens is 1. The van der Waals surface area contributed by atoms with Crippen LogP contribution in [0.1, 0.15) is 22.8 Å². The minimum atomic E-state index is -0.994. The van der Waals surface area contributed by atoms with Crippen molar-refractivity contribution in [3.05, 3.63) is 53.7 Å². The summed E-state index contributed by atoms with van der Waals surface area (Å²) < 4.78 is 5.62. The van der Waals surface area contributed by atoms with Crippen LogP contribution in [0.15, 0.2) is 42.6 Å². The number of aromatic carboxylic acids is 1. The van der Waals surface area contributed by atoms with Gasteiger partial charge in [-0.3, -0.25) is 0 Å². The fourth-order valence-corrected chi connectivity index (χ4v) is 1.61. The molecule has 2 rings (SSSR count). The van der Waals surface area contributed by atoms with Crippen LogP contribution in [0.4, 0.5) is 0 Å². The molecule has 0 bridgehead atoms. The smallest absolute Gasteiger partial charge is 0.335 e. The number of rotatable bonds is 4. The summed E-state index contributed by atoms with van der Waals surface area (Å²) in [6, 6.07) is 10.5. The van der Waals surface area contributed by atoms with Crippen LogP contribution in [0.25, 0.3) is 0 Å². The van der Waals surface area contributed by atoms with Gasteiger partial charge < -0.3 is 9.84 Å². The van der Waals surface area contributed by atoms with Gasteiger partial charge in [0.15, 0.2) is 0 Å². The lowest BCUT2D eigenvalue weighted by Gasteiger charge is -2.09. The quantitative estimate of drug-likeness (QED) is 0.896. The van der Waals surface area contributed by atoms with Crippen molar-refractivity contribution in [2.75, 3.05) is 0 Å². The average molecular weight is 243 g/mol. The fourth-order valence-electron chi connectivity index (χ4n) is 1.61. The third kappa shape index (κ3) is 2.66. The summed E-state index contributed by atoms with van der Waals surface area (Å²) in [5.41, 5.74) is 1.22. The molecule has 0 saturated heterocycles. The van der Waals surface area contributed by atoms with Crippen LogP contribution in [0.2, 0.25) is 0 Å². The molecule has 1 N–H and O–H groups in total. The van der Waals surface area contributed by atoms with Crippen molar-refractivity contribution >= 4 is 5.97 Å². The van der Waals surface area contributed by atoms with Gasteiger partial charge in [-0.05, 0) is 24.1 Å². The van der Waals surface area contributed by atoms with Crippen molar-refractivity contribution in [1.82, 2.24) is 4.98 Å². The minimum Gasteiger partial charge on any atom is -0.478 e. The maximum Gasteiger partial charge on any atom is 0.335 e. The van der Waals surface area contributed by atoms with E-state index in [1.807, 2.05) is 31.2 Å². The average Bonchev–Trinajstić information content (AvgIpc) is 2.39. The van der Waals surface area contributed by atoms with Crippen LogP contribution in [0, 0.1) is 0 Å². The van der Waals surface area contributed by atoms with Gasteiger partial charge in [0.05, 0.1) is 5.56 Å². The molecular formula is C14H13NO3. The standard InChI is InChI=1S/C14H13NO3/c1-2-10-5-3-4-6-12(10)18-13-9-11(14(16)17)7-8-15-13/h3-9H,2H2,1H3,(H,16,17). The summed E-state index contributed by atoms with van der Waals surface area (Å²) in [6.45, 7) is 2.03. The van der Waals surface area contributed by atoms with Crippen LogP contribution in [0.3, 0.4) is 0 Å². The molecular weight excluding hydrogens is 230 g/mol. The second-order valence-electron chi connectivity index (χ2n) is 3.75. The number of carboxylic acids is 1. The van der Waals surface area contributed by atoms with Gasteiger partial charge in [0.2, 0.25) is 5.88 Å². The molecule has 18 heavy (non-hydrogen) atoms. The first-order chi connectivity index (χ1) is 8.70. The fraction of sp³-hybridized carbons (Fsp3) is 0.143. The highest BCUT2D eigenvalue weighted by molar-refractivity contribution is 5.87. The van der Waals surface area contributed by atoms with Crippen molar-refractivity contribution in [1.29, 1.82) is 0 Å². The first-order valence-electron chi connectivity index (χ1n) is 5.66. The van der Waals surface area contributed by atoms with E-state index in [-0.39, 0.29) is 11.4 Å². The lowest BCUT2D eigenvalue weighted by atomic mass is 10.1. The molecule has 0 radical (unpaired) electrons. The van der Waals surface area contributed by atoms with Crippen LogP contribution < -0.4 is 4.74 Å². The van der Waals surface area contributed by atoms with E-state index in [1.165, 1.54) is 18.3 Å². The number of para-hydroxylation sites is 1. The molecule has 0 fully saturated rings. The van der Waals surface area contributed by atoms with Gasteiger partial charge in [0.1, 0.15) is 5.75 Å². The zero-order valence-corrected chi connectivity index (χ0v) is 9.96. The second-order valence-corrected chi connectivity index (χ2v) is 3.75. The Balaban J connectivity index is 2.28. The maximum absolute atomic E-state index is 10.8. The molecule has 0 atom stereocenters. The topological polar surface area (TPSA) is 59.4 Å². The monoisotopic (exact) mass is 243 g/mol. The minimum absolute atomic E-state index is 0.161. The highest BCUT2D eigenvalue weighted by Crippen LogP contribution is 2.24. The van der Waals surface area contributed by atoms with Crippen LogP contribution in [-0.4, -0.2) is 16.1 Å². The Bertz CT molecular complexity index is 566. The number of nitrogens with zero attached hydrogens (tertiary/aromatic N) is 1. The predicted molar refractivity (Wildman–Crippen MR) is 67.1 cm³/mol. The Labute approximate surface area is 105 Å². The summed E-state index contributed by atoms with van der Waals surface area (Å²) in [4.78, 5) is 14.9. The molecule has 0 amide bonds. The van der Waals surface area contributed by atoms with E-state index in [0.29, 0.717) is 5.75 Å². The van der Waals surface area contributed by atoms with Gasteiger partial charge in [0.25, 0.3) is 0 Å². The number of carbonyl (C=O) groups is 1. The summed E-state index contributed by atoms with van der Waals surface area (Å²) >= 11 is 0. The Kier molecular flexibility index (Phi) is 3.57. The third-order valence-corrected chi connectivity index (χ3v) is 2.55. The maximum atomic E-state index is 10.8. The number of benzene rings is 1. The van der Waals surface area contributed by atoms with E-state index in [4.69, 9.17) is 9.84 Å². The molecule has 92 valence electrons. The van der Waals surface area contributed by atoms with E-state index >= 15 is 0 Å². The lowest BCUT2D eigenvalue weighted by Crippen LogP contribution is -1.98. The zero-order valence-electron chi connectivity index (χ0n) is 9.96. The van der Waals surface area contributed by atoms with Gasteiger partial charge in [-0.15, -0.1) is 0 Å². The van der Waals surface area contributed by atoms with E-state index in [0.717, 1.165) is 12.0 Å². The molecule has 0 spiro atoms. The van der Waals surface area contributed by atoms with Crippen LogP contribution in [-0.2, 0) is 6.42 Å². The third-order valence-electron chi connectivity index (χ3n) is 2.55. The van der Waals surface area contributed by atoms with E-state index in [1.54, 1.807) is 0 Å². The van der Waals surface area contributed by atoms with Gasteiger partial charge in [-0.1, -0.05) is 25.1 Å². The van der Waals surface area contributed by atoms with Gasteiger partial charge in [0, 0.05) is 12.3 Å². The number of ether oxygens (including phenoxy) is 1. The predicted octanol–water partition coefficient (Wildman–Crippen LogP) is 3.13. The molecule has 4 nitrogen and oxygen atoms in total. The second kappa shape index (κ2) is 5.31. The Morgan fingerprint density at radius 2 is 2.11 bits per heavy atom. The Morgan fingerprint density at radius 1 is 1.33 bits per heavy atom. The lowest BCUT2D eigenvalue weighted by molar-refractivity contribution is 0.0696. The normalized spacial score (nSPS) is 10.1. The molecule has 0 unspecified atom stereocenters. The molecule has 4 heteroatoms. The van der Waals surface area contributed by atoms with Gasteiger partial charge in [-0.2, -0.15) is 0 Å². The number of pyridine rings is 1. The highest BCUT2D eigenvalue weighted by Gasteiger charge is 2.07. The SMILES string of the molecule is CCc1ccccc1Oc1cc(C(=O)O)ccn1. The molecule has 1 aromatic carbocycles. The van der Waals surface area contributed by atoms with Gasteiger partial charge >= 0.3 is 5.97 Å². The van der Waals surface area contributed by atoms with Gasteiger partial charge in [-0.25, -0.2) is 9.78 Å². The molecule has 2 aromatic rings. The Hall–Kier alpha value is -2.36. The van der Waals surface area contributed by atoms with Crippen LogP contribution >= 0.6 is 0 Å².